The highest BCUT2D eigenvalue weighted by Crippen LogP contribution is 2.08. The summed E-state index contributed by atoms with van der Waals surface area (Å²) < 4.78 is 10.4. The van der Waals surface area contributed by atoms with Crippen LogP contribution >= 0.6 is 0 Å². The zero-order valence-electron chi connectivity index (χ0n) is 12.8. The summed E-state index contributed by atoms with van der Waals surface area (Å²) in [6.07, 6.45) is 1.51. The number of likely N-dealkylation sites (tertiary alicyclic amines) is 1. The zero-order valence-corrected chi connectivity index (χ0v) is 12.8. The number of aliphatic hydroxyl groups excluding tert-OH is 1. The third-order valence-corrected chi connectivity index (χ3v) is 3.42. The van der Waals surface area contributed by atoms with Crippen molar-refractivity contribution < 1.29 is 19.4 Å². The molecule has 3 unspecified atom stereocenters. The van der Waals surface area contributed by atoms with E-state index in [1.807, 2.05) is 18.7 Å². The maximum atomic E-state index is 12.0. The van der Waals surface area contributed by atoms with Crippen LogP contribution in [0.5, 0.6) is 0 Å². The number of hydrogen-bond acceptors (Lipinski definition) is 5. The largest absolute Gasteiger partial charge is 0.389 e. The van der Waals surface area contributed by atoms with Crippen molar-refractivity contribution in [3.63, 3.8) is 0 Å². The first kappa shape index (κ1) is 17.4. The van der Waals surface area contributed by atoms with Crippen LogP contribution in [0.1, 0.15) is 26.7 Å². The zero-order chi connectivity index (χ0) is 15.0. The van der Waals surface area contributed by atoms with Crippen LogP contribution in [0.2, 0.25) is 0 Å². The van der Waals surface area contributed by atoms with Gasteiger partial charge in [0.1, 0.15) is 0 Å². The Morgan fingerprint density at radius 1 is 1.30 bits per heavy atom. The van der Waals surface area contributed by atoms with E-state index in [9.17, 15) is 9.90 Å². The lowest BCUT2D eigenvalue weighted by molar-refractivity contribution is -0.132. The second kappa shape index (κ2) is 9.28. The number of amides is 1. The fraction of sp³-hybridized carbons (Fsp3) is 0.929. The van der Waals surface area contributed by atoms with Gasteiger partial charge in [0.2, 0.25) is 5.91 Å². The Labute approximate surface area is 121 Å². The third-order valence-electron chi connectivity index (χ3n) is 3.42. The van der Waals surface area contributed by atoms with Crippen LogP contribution in [0.25, 0.3) is 0 Å². The average Bonchev–Trinajstić information content (AvgIpc) is 2.96. The Bertz CT molecular complexity index is 282. The molecule has 1 fully saturated rings. The van der Waals surface area contributed by atoms with Crippen LogP contribution in [0.3, 0.4) is 0 Å². The minimum absolute atomic E-state index is 0.0432. The Hall–Kier alpha value is -0.690. The first-order chi connectivity index (χ1) is 9.54. The number of carbonyl (C=O) groups excluding carboxylic acids is 1. The summed E-state index contributed by atoms with van der Waals surface area (Å²) >= 11 is 0. The van der Waals surface area contributed by atoms with E-state index in [1.54, 1.807) is 7.11 Å². The van der Waals surface area contributed by atoms with Gasteiger partial charge in [-0.25, -0.2) is 0 Å². The van der Waals surface area contributed by atoms with Gasteiger partial charge in [-0.3, -0.25) is 4.79 Å². The molecular weight excluding hydrogens is 260 g/mol. The summed E-state index contributed by atoms with van der Waals surface area (Å²) in [6, 6.07) is -0.265. The van der Waals surface area contributed by atoms with Crippen LogP contribution in [0.4, 0.5) is 0 Å². The molecule has 0 spiro atoms. The van der Waals surface area contributed by atoms with Gasteiger partial charge >= 0.3 is 0 Å². The lowest BCUT2D eigenvalue weighted by Crippen LogP contribution is -2.46. The van der Waals surface area contributed by atoms with Crippen molar-refractivity contribution in [1.29, 1.82) is 0 Å². The van der Waals surface area contributed by atoms with Crippen LogP contribution in [0, 0.1) is 0 Å². The quantitative estimate of drug-likeness (QED) is 0.625. The van der Waals surface area contributed by atoms with Gasteiger partial charge in [0.15, 0.2) is 0 Å². The van der Waals surface area contributed by atoms with Gasteiger partial charge in [-0.05, 0) is 26.7 Å². The van der Waals surface area contributed by atoms with Crippen molar-refractivity contribution in [1.82, 2.24) is 10.2 Å². The smallest absolute Gasteiger partial charge is 0.239 e. The summed E-state index contributed by atoms with van der Waals surface area (Å²) in [4.78, 5) is 13.9. The van der Waals surface area contributed by atoms with E-state index < -0.39 is 6.10 Å². The first-order valence-corrected chi connectivity index (χ1v) is 7.35. The molecule has 1 amide bonds. The molecule has 0 saturated carbocycles. The predicted octanol–water partition coefficient (Wildman–Crippen LogP) is -0.000700. The molecule has 3 atom stereocenters. The van der Waals surface area contributed by atoms with Crippen molar-refractivity contribution in [3.8, 4) is 0 Å². The van der Waals surface area contributed by atoms with E-state index in [0.29, 0.717) is 13.2 Å². The number of carbonyl (C=O) groups is 1. The highest BCUT2D eigenvalue weighted by Gasteiger charge is 2.23. The van der Waals surface area contributed by atoms with E-state index in [-0.39, 0.29) is 24.7 Å². The monoisotopic (exact) mass is 288 g/mol. The highest BCUT2D eigenvalue weighted by molar-refractivity contribution is 5.81. The molecule has 2 N–H and O–H groups in total. The van der Waals surface area contributed by atoms with Crippen LogP contribution in [0.15, 0.2) is 0 Å². The Morgan fingerprint density at radius 2 is 1.95 bits per heavy atom. The molecule has 1 rings (SSSR count). The van der Waals surface area contributed by atoms with Gasteiger partial charge in [0, 0.05) is 26.7 Å². The lowest BCUT2D eigenvalue weighted by Gasteiger charge is -2.22. The molecule has 1 aliphatic rings. The van der Waals surface area contributed by atoms with E-state index in [4.69, 9.17) is 9.47 Å². The van der Waals surface area contributed by atoms with Crippen LogP contribution < -0.4 is 5.32 Å². The number of hydrogen-bond donors (Lipinski definition) is 2. The van der Waals surface area contributed by atoms with Crippen LogP contribution in [-0.4, -0.2) is 74.1 Å². The summed E-state index contributed by atoms with van der Waals surface area (Å²) in [6.45, 7) is 6.52. The van der Waals surface area contributed by atoms with Gasteiger partial charge in [-0.15, -0.1) is 0 Å². The van der Waals surface area contributed by atoms with Gasteiger partial charge in [-0.2, -0.15) is 0 Å². The number of nitrogens with zero attached hydrogens (tertiary/aromatic N) is 1. The minimum atomic E-state index is -0.622. The molecule has 0 aromatic heterocycles. The standard InChI is InChI=1S/C14H28N2O4/c1-11(9-19-3)20-10-13(17)8-15-12(2)14(18)16-6-4-5-7-16/h11-13,15,17H,4-10H2,1-3H3. The number of nitrogens with one attached hydrogen (secondary N) is 1. The number of aliphatic hydroxyl groups is 1. The molecule has 118 valence electrons. The predicted molar refractivity (Wildman–Crippen MR) is 76.6 cm³/mol. The molecule has 0 aromatic carbocycles. The van der Waals surface area contributed by atoms with E-state index in [1.165, 1.54) is 0 Å². The van der Waals surface area contributed by atoms with Gasteiger partial charge < -0.3 is 24.8 Å². The molecule has 1 saturated heterocycles. The molecule has 1 heterocycles. The van der Waals surface area contributed by atoms with E-state index >= 15 is 0 Å². The molecule has 20 heavy (non-hydrogen) atoms. The SMILES string of the molecule is COCC(C)OCC(O)CNC(C)C(=O)N1CCCC1. The van der Waals surface area contributed by atoms with Gasteiger partial charge in [0.05, 0.1) is 31.5 Å². The Balaban J connectivity index is 2.15. The topological polar surface area (TPSA) is 71.0 Å². The second-order valence-electron chi connectivity index (χ2n) is 5.42. The number of methoxy groups -OCH3 is 1. The first-order valence-electron chi connectivity index (χ1n) is 7.35. The molecule has 6 heteroatoms. The summed E-state index contributed by atoms with van der Waals surface area (Å²) in [7, 11) is 1.61. The molecular formula is C14H28N2O4. The van der Waals surface area contributed by atoms with Crippen LogP contribution in [-0.2, 0) is 14.3 Å². The number of ether oxygens (including phenoxy) is 2. The van der Waals surface area contributed by atoms with E-state index in [0.717, 1.165) is 25.9 Å². The second-order valence-corrected chi connectivity index (χ2v) is 5.42. The summed E-state index contributed by atoms with van der Waals surface area (Å²) in [5.41, 5.74) is 0. The summed E-state index contributed by atoms with van der Waals surface area (Å²) in [5.74, 6) is 0.114. The maximum absolute atomic E-state index is 12.0. The van der Waals surface area contributed by atoms with Crippen molar-refractivity contribution >= 4 is 5.91 Å². The Morgan fingerprint density at radius 3 is 2.55 bits per heavy atom. The molecule has 0 radical (unpaired) electrons. The average molecular weight is 288 g/mol. The van der Waals surface area contributed by atoms with Gasteiger partial charge in [0.25, 0.3) is 0 Å². The summed E-state index contributed by atoms with van der Waals surface area (Å²) in [5, 5.41) is 12.9. The molecule has 0 aromatic rings. The number of rotatable bonds is 9. The van der Waals surface area contributed by atoms with Crippen molar-refractivity contribution in [2.24, 2.45) is 0 Å². The molecule has 0 aliphatic carbocycles. The minimum Gasteiger partial charge on any atom is -0.389 e. The third kappa shape index (κ3) is 6.17. The fourth-order valence-electron chi connectivity index (χ4n) is 2.23. The van der Waals surface area contributed by atoms with Crippen molar-refractivity contribution in [2.45, 2.75) is 44.9 Å². The maximum Gasteiger partial charge on any atom is 0.239 e. The highest BCUT2D eigenvalue weighted by atomic mass is 16.5. The molecule has 1 aliphatic heterocycles. The fourth-order valence-corrected chi connectivity index (χ4v) is 2.23. The Kier molecular flexibility index (Phi) is 8.06. The lowest BCUT2D eigenvalue weighted by atomic mass is 10.2. The molecule has 6 nitrogen and oxygen atoms in total. The van der Waals surface area contributed by atoms with E-state index in [2.05, 4.69) is 5.32 Å². The van der Waals surface area contributed by atoms with Crippen molar-refractivity contribution in [2.75, 3.05) is 40.0 Å². The van der Waals surface area contributed by atoms with Gasteiger partial charge in [-0.1, -0.05) is 0 Å². The van der Waals surface area contributed by atoms with Crippen molar-refractivity contribution in [3.05, 3.63) is 0 Å². The molecule has 0 bridgehead atoms. The normalized spacial score (nSPS) is 19.9.